The van der Waals surface area contributed by atoms with Gasteiger partial charge in [0.05, 0.1) is 0 Å². The summed E-state index contributed by atoms with van der Waals surface area (Å²) in [6.07, 6.45) is 9.81. The molecule has 0 amide bonds. The summed E-state index contributed by atoms with van der Waals surface area (Å²) in [5, 5.41) is 0. The molecule has 1 saturated carbocycles. The van der Waals surface area contributed by atoms with Gasteiger partial charge in [-0.15, -0.1) is 0 Å². The number of benzene rings is 1. The van der Waals surface area contributed by atoms with Crippen molar-refractivity contribution in [3.8, 4) is 0 Å². The molecule has 0 unspecified atom stereocenters. The molecular formula is C18H18O2. The molecule has 1 heterocycles. The van der Waals surface area contributed by atoms with E-state index in [9.17, 15) is 4.79 Å². The Kier molecular flexibility index (Phi) is 2.52. The van der Waals surface area contributed by atoms with Gasteiger partial charge in [0, 0.05) is 12.0 Å². The lowest BCUT2D eigenvalue weighted by Crippen LogP contribution is -2.52. The molecule has 0 aromatic heterocycles. The first-order valence-corrected chi connectivity index (χ1v) is 7.41. The molecule has 0 bridgehead atoms. The predicted molar refractivity (Wildman–Crippen MR) is 77.5 cm³/mol. The molecular weight excluding hydrogens is 248 g/mol. The first-order chi connectivity index (χ1) is 9.77. The maximum atomic E-state index is 11.7. The standard InChI is InChI=1S/C18H18O2/c19-16-8-10-18-15(13-16)7-4-9-17(18,11-12-20-18)14-5-2-1-3-6-14/h1-3,5-6,8,10,13H,4,7,9,11-12H2/t17-,18-/m1/s1. The van der Waals surface area contributed by atoms with E-state index in [2.05, 4.69) is 30.3 Å². The van der Waals surface area contributed by atoms with Crippen LogP contribution in [0.2, 0.25) is 0 Å². The summed E-state index contributed by atoms with van der Waals surface area (Å²) in [5.74, 6) is 0.102. The van der Waals surface area contributed by atoms with Crippen LogP contribution in [-0.2, 0) is 14.9 Å². The van der Waals surface area contributed by atoms with Crippen LogP contribution in [0.15, 0.2) is 54.1 Å². The SMILES string of the molecule is O=C1C=C[C@]23OCC[C@@]2(c2ccccc2)CCCC3=C1. The average Bonchev–Trinajstić information content (AvgIpc) is 2.87. The summed E-state index contributed by atoms with van der Waals surface area (Å²) in [6, 6.07) is 10.7. The van der Waals surface area contributed by atoms with Crippen molar-refractivity contribution in [2.24, 2.45) is 0 Å². The zero-order valence-corrected chi connectivity index (χ0v) is 11.5. The summed E-state index contributed by atoms with van der Waals surface area (Å²) in [5.41, 5.74) is 2.16. The molecule has 0 N–H and O–H groups in total. The number of allylic oxidation sites excluding steroid dienone is 2. The van der Waals surface area contributed by atoms with Gasteiger partial charge in [-0.05, 0) is 55.0 Å². The van der Waals surface area contributed by atoms with Crippen LogP contribution in [-0.4, -0.2) is 18.0 Å². The average molecular weight is 266 g/mol. The van der Waals surface area contributed by atoms with Crippen molar-refractivity contribution < 1.29 is 9.53 Å². The van der Waals surface area contributed by atoms with E-state index in [1.165, 1.54) is 11.1 Å². The van der Waals surface area contributed by atoms with Gasteiger partial charge < -0.3 is 4.74 Å². The van der Waals surface area contributed by atoms with Gasteiger partial charge >= 0.3 is 0 Å². The monoisotopic (exact) mass is 266 g/mol. The largest absolute Gasteiger partial charge is 0.366 e. The van der Waals surface area contributed by atoms with Gasteiger partial charge in [-0.3, -0.25) is 4.79 Å². The highest BCUT2D eigenvalue weighted by Crippen LogP contribution is 2.58. The highest BCUT2D eigenvalue weighted by atomic mass is 16.5. The third-order valence-electron chi connectivity index (χ3n) is 5.22. The van der Waals surface area contributed by atoms with E-state index in [4.69, 9.17) is 4.74 Å². The van der Waals surface area contributed by atoms with Gasteiger partial charge in [0.1, 0.15) is 5.60 Å². The lowest BCUT2D eigenvalue weighted by molar-refractivity contribution is -0.111. The smallest absolute Gasteiger partial charge is 0.178 e. The summed E-state index contributed by atoms with van der Waals surface area (Å²) in [6.45, 7) is 0.769. The maximum Gasteiger partial charge on any atom is 0.178 e. The van der Waals surface area contributed by atoms with Crippen molar-refractivity contribution in [2.75, 3.05) is 6.61 Å². The van der Waals surface area contributed by atoms with Gasteiger partial charge in [0.2, 0.25) is 0 Å². The van der Waals surface area contributed by atoms with Gasteiger partial charge in [0.25, 0.3) is 0 Å². The molecule has 2 atom stereocenters. The Morgan fingerprint density at radius 3 is 2.80 bits per heavy atom. The number of carbonyl (C=O) groups is 1. The minimum Gasteiger partial charge on any atom is -0.366 e. The summed E-state index contributed by atoms with van der Waals surface area (Å²) in [7, 11) is 0. The first-order valence-electron chi connectivity index (χ1n) is 7.41. The Bertz CT molecular complexity index is 614. The van der Waals surface area contributed by atoms with Crippen molar-refractivity contribution in [3.63, 3.8) is 0 Å². The summed E-state index contributed by atoms with van der Waals surface area (Å²) in [4.78, 5) is 11.7. The second kappa shape index (κ2) is 4.16. The van der Waals surface area contributed by atoms with E-state index in [0.29, 0.717) is 0 Å². The van der Waals surface area contributed by atoms with Gasteiger partial charge in [-0.1, -0.05) is 30.3 Å². The molecule has 4 rings (SSSR count). The first kappa shape index (κ1) is 12.1. The van der Waals surface area contributed by atoms with Crippen LogP contribution in [0.3, 0.4) is 0 Å². The Morgan fingerprint density at radius 1 is 1.10 bits per heavy atom. The highest BCUT2D eigenvalue weighted by Gasteiger charge is 2.59. The Balaban J connectivity index is 1.92. The van der Waals surface area contributed by atoms with E-state index < -0.39 is 0 Å². The molecule has 102 valence electrons. The van der Waals surface area contributed by atoms with Crippen LogP contribution in [0.5, 0.6) is 0 Å². The number of carbonyl (C=O) groups excluding carboxylic acids is 1. The molecule has 2 nitrogen and oxygen atoms in total. The summed E-state index contributed by atoms with van der Waals surface area (Å²) >= 11 is 0. The lowest BCUT2D eigenvalue weighted by atomic mass is 9.56. The zero-order valence-electron chi connectivity index (χ0n) is 11.5. The Hall–Kier alpha value is -1.67. The molecule has 1 saturated heterocycles. The van der Waals surface area contributed by atoms with E-state index in [1.54, 1.807) is 6.08 Å². The minimum atomic E-state index is -0.374. The quantitative estimate of drug-likeness (QED) is 0.779. The molecule has 2 aliphatic carbocycles. The van der Waals surface area contributed by atoms with Crippen LogP contribution in [0.4, 0.5) is 0 Å². The molecule has 3 aliphatic rings. The Labute approximate surface area is 119 Å². The molecule has 2 heteroatoms. The lowest BCUT2D eigenvalue weighted by Gasteiger charge is -2.49. The fraction of sp³-hybridized carbons (Fsp3) is 0.389. The molecule has 20 heavy (non-hydrogen) atoms. The number of ketones is 1. The van der Waals surface area contributed by atoms with Crippen LogP contribution < -0.4 is 0 Å². The molecule has 2 fully saturated rings. The molecule has 1 aromatic rings. The van der Waals surface area contributed by atoms with E-state index in [0.717, 1.165) is 32.3 Å². The molecule has 0 radical (unpaired) electrons. The number of ether oxygens (including phenoxy) is 1. The number of hydrogen-bond acceptors (Lipinski definition) is 2. The number of hydrogen-bond donors (Lipinski definition) is 0. The van der Waals surface area contributed by atoms with Crippen LogP contribution in [0.25, 0.3) is 0 Å². The van der Waals surface area contributed by atoms with Crippen LogP contribution in [0, 0.1) is 0 Å². The third-order valence-corrected chi connectivity index (χ3v) is 5.22. The van der Waals surface area contributed by atoms with Gasteiger partial charge in [0.15, 0.2) is 5.78 Å². The highest BCUT2D eigenvalue weighted by molar-refractivity contribution is 6.01. The normalized spacial score (nSPS) is 35.4. The predicted octanol–water partition coefficient (Wildman–Crippen LogP) is 3.33. The van der Waals surface area contributed by atoms with E-state index >= 15 is 0 Å². The summed E-state index contributed by atoms with van der Waals surface area (Å²) < 4.78 is 6.25. The maximum absolute atomic E-state index is 11.7. The van der Waals surface area contributed by atoms with Gasteiger partial charge in [-0.2, -0.15) is 0 Å². The van der Waals surface area contributed by atoms with Crippen LogP contribution >= 0.6 is 0 Å². The second-order valence-corrected chi connectivity index (χ2v) is 6.04. The minimum absolute atomic E-state index is 0.00947. The zero-order chi connectivity index (χ0) is 13.6. The fourth-order valence-corrected chi connectivity index (χ4v) is 4.36. The second-order valence-electron chi connectivity index (χ2n) is 6.04. The van der Waals surface area contributed by atoms with E-state index in [-0.39, 0.29) is 16.8 Å². The molecule has 1 aliphatic heterocycles. The van der Waals surface area contributed by atoms with Crippen LogP contribution in [0.1, 0.15) is 31.2 Å². The van der Waals surface area contributed by atoms with E-state index in [1.807, 2.05) is 12.2 Å². The van der Waals surface area contributed by atoms with Gasteiger partial charge in [-0.25, -0.2) is 0 Å². The van der Waals surface area contributed by atoms with Crippen molar-refractivity contribution >= 4 is 5.78 Å². The molecule has 1 aromatic carbocycles. The van der Waals surface area contributed by atoms with Crippen molar-refractivity contribution in [1.82, 2.24) is 0 Å². The van der Waals surface area contributed by atoms with Crippen molar-refractivity contribution in [2.45, 2.75) is 36.7 Å². The molecule has 1 spiro atoms. The topological polar surface area (TPSA) is 26.3 Å². The third kappa shape index (κ3) is 1.40. The van der Waals surface area contributed by atoms with Crippen molar-refractivity contribution in [1.29, 1.82) is 0 Å². The Morgan fingerprint density at radius 2 is 1.95 bits per heavy atom. The number of rotatable bonds is 1. The van der Waals surface area contributed by atoms with Crippen molar-refractivity contribution in [3.05, 3.63) is 59.7 Å². The fourth-order valence-electron chi connectivity index (χ4n) is 4.36.